The summed E-state index contributed by atoms with van der Waals surface area (Å²) in [6, 6.07) is 13.7. The summed E-state index contributed by atoms with van der Waals surface area (Å²) in [4.78, 5) is 13.4. The average Bonchev–Trinajstić information content (AvgIpc) is 3.55. The lowest BCUT2D eigenvalue weighted by molar-refractivity contribution is -0.118. The maximum absolute atomic E-state index is 13.4. The van der Waals surface area contributed by atoms with E-state index in [4.69, 9.17) is 9.47 Å². The summed E-state index contributed by atoms with van der Waals surface area (Å²) in [6.07, 6.45) is 0.756. The highest BCUT2D eigenvalue weighted by atomic mass is 16.6. The Morgan fingerprint density at radius 3 is 2.50 bits per heavy atom. The fourth-order valence-electron chi connectivity index (χ4n) is 4.80. The SMILES string of the molecule is CC(C)(C)c1cc2cc(NC(=O)C3(c4ccc5c(c4)OCCO5)CC3)ccc2n1C[C@H](O)CO. The van der Waals surface area contributed by atoms with Crippen molar-refractivity contribution in [2.45, 2.75) is 57.1 Å². The molecule has 2 aromatic carbocycles. The van der Waals surface area contributed by atoms with Crippen molar-refractivity contribution in [3.8, 4) is 11.5 Å². The Morgan fingerprint density at radius 1 is 1.09 bits per heavy atom. The number of aliphatic hydroxyl groups is 2. The highest BCUT2D eigenvalue weighted by Gasteiger charge is 2.51. The first-order chi connectivity index (χ1) is 16.2. The van der Waals surface area contributed by atoms with E-state index in [9.17, 15) is 15.0 Å². The standard InChI is InChI=1S/C27H32N2O5/c1-26(2,3)24-13-17-12-19(5-6-21(17)29(24)15-20(31)16-30)28-25(32)27(8-9-27)18-4-7-22-23(14-18)34-11-10-33-22/h4-7,12-14,20,30-31H,8-11,15-16H2,1-3H3,(H,28,32)/t20-/m0/s1. The number of aromatic nitrogens is 1. The molecule has 1 aliphatic carbocycles. The number of carbonyl (C=O) groups excluding carboxylic acids is 1. The van der Waals surface area contributed by atoms with Crippen molar-refractivity contribution in [2.24, 2.45) is 0 Å². The van der Waals surface area contributed by atoms with Gasteiger partial charge in [-0.2, -0.15) is 0 Å². The first kappa shape index (κ1) is 22.7. The van der Waals surface area contributed by atoms with E-state index in [1.165, 1.54) is 0 Å². The number of nitrogens with zero attached hydrogens (tertiary/aromatic N) is 1. The number of ether oxygens (including phenoxy) is 2. The van der Waals surface area contributed by atoms with Crippen molar-refractivity contribution in [2.75, 3.05) is 25.1 Å². The summed E-state index contributed by atoms with van der Waals surface area (Å²) in [5, 5.41) is 23.6. The molecule has 1 atom stereocenters. The second-order valence-corrected chi connectivity index (χ2v) is 10.4. The molecule has 0 radical (unpaired) electrons. The summed E-state index contributed by atoms with van der Waals surface area (Å²) in [7, 11) is 0. The Labute approximate surface area is 199 Å². The highest BCUT2D eigenvalue weighted by Crippen LogP contribution is 2.51. The largest absolute Gasteiger partial charge is 0.486 e. The normalized spacial score (nSPS) is 17.4. The molecular weight excluding hydrogens is 432 g/mol. The van der Waals surface area contributed by atoms with Crippen LogP contribution < -0.4 is 14.8 Å². The van der Waals surface area contributed by atoms with Gasteiger partial charge in [0.05, 0.1) is 24.7 Å². The van der Waals surface area contributed by atoms with Crippen LogP contribution in [0.15, 0.2) is 42.5 Å². The van der Waals surface area contributed by atoms with Crippen molar-refractivity contribution >= 4 is 22.5 Å². The number of hydrogen-bond acceptors (Lipinski definition) is 5. The van der Waals surface area contributed by atoms with Crippen LogP contribution >= 0.6 is 0 Å². The Balaban J connectivity index is 1.42. The van der Waals surface area contributed by atoms with E-state index in [0.717, 1.165) is 46.4 Å². The van der Waals surface area contributed by atoms with Gasteiger partial charge in [0, 0.05) is 27.7 Å². The maximum atomic E-state index is 13.4. The molecule has 0 spiro atoms. The van der Waals surface area contributed by atoms with Gasteiger partial charge in [-0.3, -0.25) is 4.79 Å². The number of hydrogen-bond donors (Lipinski definition) is 3. The predicted octanol–water partition coefficient (Wildman–Crippen LogP) is 3.73. The summed E-state index contributed by atoms with van der Waals surface area (Å²) < 4.78 is 13.4. The smallest absolute Gasteiger partial charge is 0.235 e. The van der Waals surface area contributed by atoms with E-state index in [1.807, 2.05) is 36.4 Å². The molecule has 180 valence electrons. The van der Waals surface area contributed by atoms with Crippen molar-refractivity contribution in [1.82, 2.24) is 4.57 Å². The molecule has 34 heavy (non-hydrogen) atoms. The number of carbonyl (C=O) groups is 1. The van der Waals surface area contributed by atoms with E-state index in [-0.39, 0.29) is 17.9 Å². The Morgan fingerprint density at radius 2 is 1.82 bits per heavy atom. The number of amides is 1. The van der Waals surface area contributed by atoms with Crippen LogP contribution in [-0.4, -0.2) is 46.6 Å². The molecular formula is C27H32N2O5. The van der Waals surface area contributed by atoms with Crippen LogP contribution in [-0.2, 0) is 22.2 Å². The topological polar surface area (TPSA) is 93.0 Å². The highest BCUT2D eigenvalue weighted by molar-refractivity contribution is 6.02. The maximum Gasteiger partial charge on any atom is 0.235 e. The van der Waals surface area contributed by atoms with Crippen LogP contribution in [0, 0.1) is 0 Å². The first-order valence-corrected chi connectivity index (χ1v) is 11.9. The molecule has 1 amide bonds. The predicted molar refractivity (Wildman–Crippen MR) is 131 cm³/mol. The number of aliphatic hydroxyl groups excluding tert-OH is 2. The van der Waals surface area contributed by atoms with Crippen LogP contribution in [0.4, 0.5) is 5.69 Å². The zero-order valence-corrected chi connectivity index (χ0v) is 19.9. The van der Waals surface area contributed by atoms with Gasteiger partial charge < -0.3 is 29.6 Å². The average molecular weight is 465 g/mol. The molecule has 3 aromatic rings. The first-order valence-electron chi connectivity index (χ1n) is 11.9. The van der Waals surface area contributed by atoms with Gasteiger partial charge in [-0.25, -0.2) is 0 Å². The number of anilines is 1. The summed E-state index contributed by atoms with van der Waals surface area (Å²) in [5.74, 6) is 1.40. The number of fused-ring (bicyclic) bond motifs is 2. The zero-order valence-electron chi connectivity index (χ0n) is 19.9. The molecule has 0 saturated heterocycles. The minimum atomic E-state index is -0.836. The number of nitrogens with one attached hydrogen (secondary N) is 1. The van der Waals surface area contributed by atoms with Crippen molar-refractivity contribution in [3.63, 3.8) is 0 Å². The van der Waals surface area contributed by atoms with Gasteiger partial charge in [0.25, 0.3) is 0 Å². The van der Waals surface area contributed by atoms with Crippen LogP contribution in [0.25, 0.3) is 10.9 Å². The van der Waals surface area contributed by atoms with E-state index in [0.29, 0.717) is 25.5 Å². The van der Waals surface area contributed by atoms with Gasteiger partial charge in [-0.05, 0) is 54.8 Å². The van der Waals surface area contributed by atoms with Crippen molar-refractivity contribution < 1.29 is 24.5 Å². The number of rotatable bonds is 6. The van der Waals surface area contributed by atoms with Gasteiger partial charge >= 0.3 is 0 Å². The third-order valence-corrected chi connectivity index (χ3v) is 6.81. The molecule has 1 aliphatic heterocycles. The molecule has 3 N–H and O–H groups in total. The van der Waals surface area contributed by atoms with E-state index in [1.54, 1.807) is 0 Å². The molecule has 1 saturated carbocycles. The summed E-state index contributed by atoms with van der Waals surface area (Å²) in [6.45, 7) is 7.44. The Hall–Kier alpha value is -3.03. The quantitative estimate of drug-likeness (QED) is 0.517. The summed E-state index contributed by atoms with van der Waals surface area (Å²) >= 11 is 0. The second-order valence-electron chi connectivity index (χ2n) is 10.4. The van der Waals surface area contributed by atoms with Gasteiger partial charge in [-0.15, -0.1) is 0 Å². The molecule has 7 nitrogen and oxygen atoms in total. The zero-order chi connectivity index (χ0) is 24.1. The Bertz CT molecular complexity index is 1240. The fourth-order valence-corrected chi connectivity index (χ4v) is 4.80. The van der Waals surface area contributed by atoms with Crippen LogP contribution in [0.3, 0.4) is 0 Å². The van der Waals surface area contributed by atoms with E-state index in [2.05, 4.69) is 36.7 Å². The Kier molecular flexibility index (Phi) is 5.57. The third kappa shape index (κ3) is 4.03. The number of benzene rings is 2. The van der Waals surface area contributed by atoms with Crippen molar-refractivity contribution in [1.29, 1.82) is 0 Å². The fraction of sp³-hybridized carbons (Fsp3) is 0.444. The summed E-state index contributed by atoms with van der Waals surface area (Å²) in [5.41, 5.74) is 3.03. The van der Waals surface area contributed by atoms with E-state index >= 15 is 0 Å². The minimum absolute atomic E-state index is 0.0188. The lowest BCUT2D eigenvalue weighted by Crippen LogP contribution is -2.28. The van der Waals surface area contributed by atoms with Gasteiger partial charge in [-0.1, -0.05) is 26.8 Å². The molecule has 2 heterocycles. The molecule has 1 fully saturated rings. The minimum Gasteiger partial charge on any atom is -0.486 e. The van der Waals surface area contributed by atoms with Crippen LogP contribution in [0.2, 0.25) is 0 Å². The molecule has 0 unspecified atom stereocenters. The molecule has 7 heteroatoms. The van der Waals surface area contributed by atoms with Gasteiger partial charge in [0.15, 0.2) is 11.5 Å². The second kappa shape index (κ2) is 8.32. The van der Waals surface area contributed by atoms with Crippen LogP contribution in [0.5, 0.6) is 11.5 Å². The lowest BCUT2D eigenvalue weighted by Gasteiger charge is -2.23. The molecule has 0 bridgehead atoms. The van der Waals surface area contributed by atoms with Gasteiger partial charge in [0.2, 0.25) is 5.91 Å². The lowest BCUT2D eigenvalue weighted by atomic mass is 9.92. The molecule has 1 aromatic heterocycles. The van der Waals surface area contributed by atoms with Gasteiger partial charge in [0.1, 0.15) is 13.2 Å². The molecule has 2 aliphatic rings. The molecule has 5 rings (SSSR count). The third-order valence-electron chi connectivity index (χ3n) is 6.81. The van der Waals surface area contributed by atoms with Crippen LogP contribution in [0.1, 0.15) is 44.9 Å². The van der Waals surface area contributed by atoms with Crippen molar-refractivity contribution in [3.05, 3.63) is 53.7 Å². The monoisotopic (exact) mass is 464 g/mol. The van der Waals surface area contributed by atoms with E-state index < -0.39 is 11.5 Å².